The lowest BCUT2D eigenvalue weighted by Gasteiger charge is -2.09. The van der Waals surface area contributed by atoms with Gasteiger partial charge in [-0.3, -0.25) is 4.57 Å². The number of fused-ring (bicyclic) bond motifs is 1. The molecule has 1 heterocycles. The number of hydrogen-bond donors (Lipinski definition) is 2. The van der Waals surface area contributed by atoms with Crippen molar-refractivity contribution in [2.75, 3.05) is 6.54 Å². The van der Waals surface area contributed by atoms with Crippen LogP contribution in [-0.4, -0.2) is 24.5 Å². The van der Waals surface area contributed by atoms with Crippen molar-refractivity contribution < 1.29 is 8.42 Å². The minimum Gasteiger partial charge on any atom is -0.306 e. The molecule has 0 aliphatic carbocycles. The molecule has 132 valence electrons. The van der Waals surface area contributed by atoms with Crippen LogP contribution in [0.5, 0.6) is 0 Å². The molecule has 2 aromatic carbocycles. The summed E-state index contributed by atoms with van der Waals surface area (Å²) in [4.78, 5) is 14.8. The van der Waals surface area contributed by atoms with Crippen LogP contribution in [0.3, 0.4) is 0 Å². The summed E-state index contributed by atoms with van der Waals surface area (Å²) in [5, 5.41) is 0. The van der Waals surface area contributed by atoms with Crippen LogP contribution in [-0.2, 0) is 22.3 Å². The maximum Gasteiger partial charge on any atom is 0.326 e. The van der Waals surface area contributed by atoms with Crippen molar-refractivity contribution in [1.29, 1.82) is 0 Å². The van der Waals surface area contributed by atoms with Crippen LogP contribution in [0.4, 0.5) is 0 Å². The Morgan fingerprint density at radius 2 is 1.80 bits per heavy atom. The van der Waals surface area contributed by atoms with Gasteiger partial charge in [0.25, 0.3) is 0 Å². The second kappa shape index (κ2) is 7.25. The van der Waals surface area contributed by atoms with Gasteiger partial charge < -0.3 is 4.98 Å². The largest absolute Gasteiger partial charge is 0.326 e. The number of nitrogens with one attached hydrogen (secondary N) is 2. The monoisotopic (exact) mass is 359 g/mol. The van der Waals surface area contributed by atoms with Crippen LogP contribution < -0.4 is 10.4 Å². The molecule has 0 aliphatic heterocycles. The number of sulfonamides is 1. The van der Waals surface area contributed by atoms with Gasteiger partial charge in [0.1, 0.15) is 0 Å². The standard InChI is InChI=1S/C18H21N3O3S/c1-14-7-2-3-8-15(14)13-25(23,24)19-11-6-12-21-17-10-5-4-9-16(17)20-18(21)22/h2-5,7-10,19H,6,11-13H2,1H3,(H,20,22). The predicted octanol–water partition coefficient (Wildman–Crippen LogP) is 2.15. The van der Waals surface area contributed by atoms with E-state index in [2.05, 4.69) is 9.71 Å². The fraction of sp³-hybridized carbons (Fsp3) is 0.278. The van der Waals surface area contributed by atoms with Crippen LogP contribution in [0.1, 0.15) is 17.5 Å². The Morgan fingerprint density at radius 3 is 2.60 bits per heavy atom. The highest BCUT2D eigenvalue weighted by molar-refractivity contribution is 7.88. The van der Waals surface area contributed by atoms with Crippen molar-refractivity contribution >= 4 is 21.1 Å². The van der Waals surface area contributed by atoms with E-state index in [1.165, 1.54) is 0 Å². The second-order valence-corrected chi connectivity index (χ2v) is 7.84. The van der Waals surface area contributed by atoms with Gasteiger partial charge in [-0.25, -0.2) is 17.9 Å². The van der Waals surface area contributed by atoms with Gasteiger partial charge in [-0.15, -0.1) is 0 Å². The Kier molecular flexibility index (Phi) is 5.06. The number of imidazole rings is 1. The van der Waals surface area contributed by atoms with E-state index < -0.39 is 10.0 Å². The SMILES string of the molecule is Cc1ccccc1CS(=O)(=O)NCCCn1c(=O)[nH]c2ccccc21. The third kappa shape index (κ3) is 4.18. The van der Waals surface area contributed by atoms with Crippen LogP contribution in [0.25, 0.3) is 11.0 Å². The zero-order valence-corrected chi connectivity index (χ0v) is 14.8. The van der Waals surface area contributed by atoms with Gasteiger partial charge in [0.15, 0.2) is 0 Å². The zero-order valence-electron chi connectivity index (χ0n) is 14.0. The lowest BCUT2D eigenvalue weighted by molar-refractivity contribution is 0.569. The van der Waals surface area contributed by atoms with E-state index >= 15 is 0 Å². The second-order valence-electron chi connectivity index (χ2n) is 6.03. The summed E-state index contributed by atoms with van der Waals surface area (Å²) in [6.45, 7) is 2.64. The number of hydrogen-bond acceptors (Lipinski definition) is 3. The van der Waals surface area contributed by atoms with E-state index in [1.54, 1.807) is 4.57 Å². The molecule has 0 aliphatic rings. The third-order valence-electron chi connectivity index (χ3n) is 4.17. The third-order valence-corrected chi connectivity index (χ3v) is 5.50. The summed E-state index contributed by atoms with van der Waals surface area (Å²) in [6.07, 6.45) is 0.536. The van der Waals surface area contributed by atoms with Gasteiger partial charge in [-0.2, -0.15) is 0 Å². The van der Waals surface area contributed by atoms with Gasteiger partial charge in [0, 0.05) is 13.1 Å². The Hall–Kier alpha value is -2.38. The Bertz CT molecular complexity index is 1030. The first kappa shape index (κ1) is 17.4. The minimum absolute atomic E-state index is 0.0350. The highest BCUT2D eigenvalue weighted by atomic mass is 32.2. The molecule has 25 heavy (non-hydrogen) atoms. The molecule has 0 amide bonds. The number of para-hydroxylation sites is 2. The zero-order chi connectivity index (χ0) is 17.9. The van der Waals surface area contributed by atoms with Crippen molar-refractivity contribution in [1.82, 2.24) is 14.3 Å². The van der Waals surface area contributed by atoms with Crippen LogP contribution in [0, 0.1) is 6.92 Å². The maximum absolute atomic E-state index is 12.2. The van der Waals surface area contributed by atoms with E-state index in [0.717, 1.165) is 22.2 Å². The lowest BCUT2D eigenvalue weighted by Crippen LogP contribution is -2.28. The van der Waals surface area contributed by atoms with Gasteiger partial charge in [0.05, 0.1) is 16.8 Å². The number of H-pyrrole nitrogens is 1. The van der Waals surface area contributed by atoms with E-state index in [9.17, 15) is 13.2 Å². The Labute approximate surface area is 146 Å². The number of aromatic nitrogens is 2. The van der Waals surface area contributed by atoms with Gasteiger partial charge >= 0.3 is 5.69 Å². The van der Waals surface area contributed by atoms with E-state index in [-0.39, 0.29) is 11.4 Å². The van der Waals surface area contributed by atoms with Crippen molar-refractivity contribution in [3.63, 3.8) is 0 Å². The van der Waals surface area contributed by atoms with Crippen molar-refractivity contribution in [2.24, 2.45) is 0 Å². The van der Waals surface area contributed by atoms with Gasteiger partial charge in [0.2, 0.25) is 10.0 Å². The first-order chi connectivity index (χ1) is 12.0. The minimum atomic E-state index is -3.40. The maximum atomic E-state index is 12.2. The molecule has 0 bridgehead atoms. The molecule has 6 nitrogen and oxygen atoms in total. The van der Waals surface area contributed by atoms with Crippen molar-refractivity contribution in [3.8, 4) is 0 Å². The first-order valence-corrected chi connectivity index (χ1v) is 9.81. The summed E-state index contributed by atoms with van der Waals surface area (Å²) in [7, 11) is -3.40. The summed E-state index contributed by atoms with van der Waals surface area (Å²) in [5.74, 6) is -0.0350. The molecule has 0 radical (unpaired) electrons. The fourth-order valence-electron chi connectivity index (χ4n) is 2.82. The van der Waals surface area contributed by atoms with E-state index in [4.69, 9.17) is 0 Å². The highest BCUT2D eigenvalue weighted by Crippen LogP contribution is 2.11. The summed E-state index contributed by atoms with van der Waals surface area (Å²) >= 11 is 0. The van der Waals surface area contributed by atoms with E-state index in [0.29, 0.717) is 19.5 Å². The summed E-state index contributed by atoms with van der Waals surface area (Å²) < 4.78 is 28.7. The molecule has 0 saturated heterocycles. The number of aryl methyl sites for hydroxylation is 2. The molecule has 0 unspecified atom stereocenters. The molecule has 0 spiro atoms. The van der Waals surface area contributed by atoms with Crippen molar-refractivity contribution in [3.05, 3.63) is 70.1 Å². The summed E-state index contributed by atoms with van der Waals surface area (Å²) in [6, 6.07) is 14.9. The molecule has 0 atom stereocenters. The molecule has 3 aromatic rings. The molecule has 0 fully saturated rings. The number of nitrogens with zero attached hydrogens (tertiary/aromatic N) is 1. The number of rotatable bonds is 7. The molecule has 3 rings (SSSR count). The average molecular weight is 359 g/mol. The Balaban J connectivity index is 1.58. The van der Waals surface area contributed by atoms with Crippen LogP contribution >= 0.6 is 0 Å². The molecular formula is C18H21N3O3S. The van der Waals surface area contributed by atoms with Crippen LogP contribution in [0.15, 0.2) is 53.3 Å². The normalized spacial score (nSPS) is 11.9. The van der Waals surface area contributed by atoms with Crippen LogP contribution in [0.2, 0.25) is 0 Å². The quantitative estimate of drug-likeness (QED) is 0.634. The van der Waals surface area contributed by atoms with Gasteiger partial charge in [-0.1, -0.05) is 36.4 Å². The summed E-state index contributed by atoms with van der Waals surface area (Å²) in [5.41, 5.74) is 3.19. The first-order valence-electron chi connectivity index (χ1n) is 8.16. The number of aromatic amines is 1. The number of benzene rings is 2. The molecule has 0 saturated carbocycles. The van der Waals surface area contributed by atoms with Crippen molar-refractivity contribution in [2.45, 2.75) is 25.6 Å². The van der Waals surface area contributed by atoms with Gasteiger partial charge in [-0.05, 0) is 36.6 Å². The fourth-order valence-corrected chi connectivity index (χ4v) is 4.11. The Morgan fingerprint density at radius 1 is 1.08 bits per heavy atom. The predicted molar refractivity (Wildman–Crippen MR) is 99.0 cm³/mol. The molecule has 1 aromatic heterocycles. The molecule has 2 N–H and O–H groups in total. The lowest BCUT2D eigenvalue weighted by atomic mass is 10.1. The van der Waals surface area contributed by atoms with E-state index in [1.807, 2.05) is 55.5 Å². The molecule has 7 heteroatoms. The topological polar surface area (TPSA) is 84.0 Å². The highest BCUT2D eigenvalue weighted by Gasteiger charge is 2.12. The smallest absolute Gasteiger partial charge is 0.306 e. The average Bonchev–Trinajstić information content (AvgIpc) is 2.89. The molecular weight excluding hydrogens is 338 g/mol.